The second-order valence-corrected chi connectivity index (χ2v) is 13.9. The lowest BCUT2D eigenvalue weighted by molar-refractivity contribution is -0.203. The summed E-state index contributed by atoms with van der Waals surface area (Å²) in [6.07, 6.45) is 9.09. The smallest absolute Gasteiger partial charge is 0.409 e. The van der Waals surface area contributed by atoms with Crippen molar-refractivity contribution in [2.24, 2.45) is 52.3 Å². The number of hydrogen-bond donors (Lipinski definition) is 3. The van der Waals surface area contributed by atoms with E-state index in [2.05, 4.69) is 27.7 Å². The molecule has 1 amide bonds. The van der Waals surface area contributed by atoms with Gasteiger partial charge in [-0.2, -0.15) is 0 Å². The Morgan fingerprint density at radius 1 is 0.972 bits per heavy atom. The molecule has 1 saturated heterocycles. The number of carbonyl (C=O) groups excluding carboxylic acids is 1. The summed E-state index contributed by atoms with van der Waals surface area (Å²) < 4.78 is 5.60. The van der Waals surface area contributed by atoms with Crippen molar-refractivity contribution in [3.63, 3.8) is 0 Å². The number of nitrogens with zero attached hydrogens (tertiary/aromatic N) is 1. The maximum atomic E-state index is 12.4. The molecular formula is C30H51NO5. The highest BCUT2D eigenvalue weighted by atomic mass is 16.6. The second kappa shape index (κ2) is 10.0. The van der Waals surface area contributed by atoms with Crippen molar-refractivity contribution < 1.29 is 24.9 Å². The van der Waals surface area contributed by atoms with Gasteiger partial charge >= 0.3 is 6.09 Å². The van der Waals surface area contributed by atoms with E-state index in [1.54, 1.807) is 4.90 Å². The van der Waals surface area contributed by atoms with Crippen LogP contribution in [0.2, 0.25) is 0 Å². The maximum Gasteiger partial charge on any atom is 0.409 e. The van der Waals surface area contributed by atoms with Crippen LogP contribution in [0.15, 0.2) is 0 Å². The molecule has 6 heteroatoms. The maximum absolute atomic E-state index is 12.4. The van der Waals surface area contributed by atoms with Crippen LogP contribution in [0.4, 0.5) is 4.79 Å². The van der Waals surface area contributed by atoms with Crippen LogP contribution < -0.4 is 0 Å². The van der Waals surface area contributed by atoms with Crippen molar-refractivity contribution in [1.29, 1.82) is 0 Å². The third kappa shape index (κ3) is 4.31. The van der Waals surface area contributed by atoms with Gasteiger partial charge in [0.2, 0.25) is 0 Å². The van der Waals surface area contributed by atoms with Crippen molar-refractivity contribution in [3.05, 3.63) is 0 Å². The molecular weight excluding hydrogens is 454 g/mol. The van der Waals surface area contributed by atoms with Crippen molar-refractivity contribution >= 4 is 6.09 Å². The fourth-order valence-electron chi connectivity index (χ4n) is 10.5. The minimum Gasteiger partial charge on any atom is -0.449 e. The molecule has 0 bridgehead atoms. The Morgan fingerprint density at radius 3 is 2.39 bits per heavy atom. The van der Waals surface area contributed by atoms with E-state index in [0.29, 0.717) is 67.5 Å². The number of hydrogen-bond acceptors (Lipinski definition) is 5. The molecule has 4 aliphatic carbocycles. The fourth-order valence-corrected chi connectivity index (χ4v) is 10.5. The van der Waals surface area contributed by atoms with Gasteiger partial charge in [0.1, 0.15) is 0 Å². The predicted octanol–water partition coefficient (Wildman–Crippen LogP) is 4.84. The van der Waals surface area contributed by atoms with Gasteiger partial charge < -0.3 is 25.0 Å². The first-order valence-corrected chi connectivity index (χ1v) is 15.1. The third-order valence-corrected chi connectivity index (χ3v) is 12.4. The highest BCUT2D eigenvalue weighted by molar-refractivity contribution is 5.68. The molecule has 206 valence electrons. The zero-order valence-corrected chi connectivity index (χ0v) is 23.1. The number of likely N-dealkylation sites (tertiary alicyclic amines) is 1. The van der Waals surface area contributed by atoms with Crippen LogP contribution >= 0.6 is 0 Å². The van der Waals surface area contributed by atoms with Gasteiger partial charge in [0.05, 0.1) is 24.9 Å². The molecule has 1 aliphatic heterocycles. The first-order valence-electron chi connectivity index (χ1n) is 15.1. The second-order valence-electron chi connectivity index (χ2n) is 13.9. The molecule has 0 radical (unpaired) electrons. The number of amides is 1. The third-order valence-electron chi connectivity index (χ3n) is 12.4. The van der Waals surface area contributed by atoms with Crippen molar-refractivity contribution in [2.45, 2.75) is 110 Å². The molecule has 5 aliphatic rings. The minimum atomic E-state index is -0.416. The Morgan fingerprint density at radius 2 is 1.69 bits per heavy atom. The van der Waals surface area contributed by atoms with Gasteiger partial charge in [0.25, 0.3) is 0 Å². The normalized spacial score (nSPS) is 49.2. The molecule has 0 aromatic heterocycles. The van der Waals surface area contributed by atoms with Gasteiger partial charge in [-0.05, 0) is 110 Å². The number of carbonyl (C=O) groups is 1. The first-order chi connectivity index (χ1) is 17.1. The molecule has 0 unspecified atom stereocenters. The summed E-state index contributed by atoms with van der Waals surface area (Å²) in [6.45, 7) is 11.0. The summed E-state index contributed by atoms with van der Waals surface area (Å²) in [7, 11) is 0. The number of ether oxygens (including phenoxy) is 1. The minimum absolute atomic E-state index is 0.198. The largest absolute Gasteiger partial charge is 0.449 e. The zero-order chi connectivity index (χ0) is 25.8. The van der Waals surface area contributed by atoms with E-state index in [9.17, 15) is 20.1 Å². The average Bonchev–Trinajstić information content (AvgIpc) is 3.43. The summed E-state index contributed by atoms with van der Waals surface area (Å²) in [5.41, 5.74) is 0.479. The van der Waals surface area contributed by atoms with Gasteiger partial charge in [-0.3, -0.25) is 0 Å². The summed E-state index contributed by atoms with van der Waals surface area (Å²) in [6, 6.07) is 0. The Balaban J connectivity index is 1.26. The standard InChI is InChI=1S/C30H51NO5/c1-5-21-25-16-19(32)8-12-30(25,4)24-9-13-29(3)22(6-7-23(29)26(24)27(21)34)18(2)11-15-36-28(35)31-14-10-20(33)17-31/h18-27,32-34H,5-17H2,1-4H3/t18-,19-,20+,21-,22-,23+,24+,25+,26+,27-,29-,30-/m1/s1. The summed E-state index contributed by atoms with van der Waals surface area (Å²) in [4.78, 5) is 14.0. The molecule has 3 N–H and O–H groups in total. The monoisotopic (exact) mass is 505 g/mol. The Labute approximate surface area is 218 Å². The van der Waals surface area contributed by atoms with Gasteiger partial charge in [-0.25, -0.2) is 4.79 Å². The van der Waals surface area contributed by atoms with Crippen molar-refractivity contribution in [3.8, 4) is 0 Å². The Bertz CT molecular complexity index is 806. The fraction of sp³-hybridized carbons (Fsp3) is 0.967. The Kier molecular flexibility index (Phi) is 7.46. The van der Waals surface area contributed by atoms with E-state index < -0.39 is 6.10 Å². The van der Waals surface area contributed by atoms with Gasteiger partial charge in [0, 0.05) is 13.1 Å². The quantitative estimate of drug-likeness (QED) is 0.497. The average molecular weight is 506 g/mol. The van der Waals surface area contributed by atoms with Crippen LogP contribution in [0, 0.1) is 52.3 Å². The number of rotatable bonds is 5. The lowest BCUT2D eigenvalue weighted by Gasteiger charge is -2.64. The van der Waals surface area contributed by atoms with E-state index >= 15 is 0 Å². The number of fused-ring (bicyclic) bond motifs is 5. The number of β-amino-alcohol motifs (C(OH)–C–C–N with tert-alkyl or cyclic N) is 1. The topological polar surface area (TPSA) is 90.2 Å². The van der Waals surface area contributed by atoms with Crippen molar-refractivity contribution in [1.82, 2.24) is 4.90 Å². The highest BCUT2D eigenvalue weighted by Crippen LogP contribution is 2.69. The molecule has 0 aromatic carbocycles. The molecule has 6 nitrogen and oxygen atoms in total. The molecule has 5 rings (SSSR count). The molecule has 0 aromatic rings. The van der Waals surface area contributed by atoms with Crippen LogP contribution in [0.1, 0.15) is 91.9 Å². The number of aliphatic hydroxyl groups excluding tert-OH is 3. The Hall–Kier alpha value is -0.850. The van der Waals surface area contributed by atoms with Crippen LogP contribution in [0.3, 0.4) is 0 Å². The molecule has 5 fully saturated rings. The zero-order valence-electron chi connectivity index (χ0n) is 23.1. The SMILES string of the molecule is CC[C@H]1[C@@H](O)[C@@H]2[C@H](CC[C@]3(C)[C@@H]([C@H](C)CCOC(=O)N4CC[C@H](O)C4)CC[C@@H]23)[C@@]2(C)CC[C@@H](O)C[C@@H]12. The molecule has 1 heterocycles. The van der Waals surface area contributed by atoms with Crippen LogP contribution in [-0.2, 0) is 4.74 Å². The number of aliphatic hydroxyl groups is 3. The molecule has 12 atom stereocenters. The predicted molar refractivity (Wildman–Crippen MR) is 139 cm³/mol. The molecule has 4 saturated carbocycles. The van der Waals surface area contributed by atoms with E-state index in [1.165, 1.54) is 25.7 Å². The van der Waals surface area contributed by atoms with Gasteiger partial charge in [-0.1, -0.05) is 34.1 Å². The van der Waals surface area contributed by atoms with Crippen molar-refractivity contribution in [2.75, 3.05) is 19.7 Å². The summed E-state index contributed by atoms with van der Waals surface area (Å²) in [5.74, 6) is 3.32. The van der Waals surface area contributed by atoms with Gasteiger partial charge in [0.15, 0.2) is 0 Å². The van der Waals surface area contributed by atoms with E-state index in [-0.39, 0.29) is 29.1 Å². The lowest BCUT2D eigenvalue weighted by atomic mass is 9.41. The summed E-state index contributed by atoms with van der Waals surface area (Å²) in [5, 5.41) is 32.0. The van der Waals surface area contributed by atoms with Crippen LogP contribution in [-0.4, -0.2) is 64.3 Å². The summed E-state index contributed by atoms with van der Waals surface area (Å²) >= 11 is 0. The van der Waals surface area contributed by atoms with Crippen LogP contribution in [0.25, 0.3) is 0 Å². The molecule has 0 spiro atoms. The van der Waals surface area contributed by atoms with Gasteiger partial charge in [-0.15, -0.1) is 0 Å². The van der Waals surface area contributed by atoms with E-state index in [0.717, 1.165) is 32.1 Å². The highest BCUT2D eigenvalue weighted by Gasteiger charge is 2.64. The first kappa shape index (κ1) is 26.7. The van der Waals surface area contributed by atoms with E-state index in [4.69, 9.17) is 4.74 Å². The lowest BCUT2D eigenvalue weighted by Crippen LogP contribution is -2.62. The van der Waals surface area contributed by atoms with Crippen LogP contribution in [0.5, 0.6) is 0 Å². The van der Waals surface area contributed by atoms with E-state index in [1.807, 2.05) is 0 Å². The molecule has 36 heavy (non-hydrogen) atoms.